The summed E-state index contributed by atoms with van der Waals surface area (Å²) in [5.74, 6) is -0.614. The molecule has 13 nitrogen and oxygen atoms in total. The second-order valence-corrected chi connectivity index (χ2v) is 13.3. The highest BCUT2D eigenvalue weighted by molar-refractivity contribution is 6.14. The van der Waals surface area contributed by atoms with Crippen LogP contribution in [0.15, 0.2) is 41.7 Å². The van der Waals surface area contributed by atoms with Crippen LogP contribution >= 0.6 is 0 Å². The van der Waals surface area contributed by atoms with E-state index in [2.05, 4.69) is 25.4 Å². The van der Waals surface area contributed by atoms with E-state index < -0.39 is 5.60 Å². The lowest BCUT2D eigenvalue weighted by atomic mass is 10.0. The smallest absolute Gasteiger partial charge is 0.410 e. The first-order valence-corrected chi connectivity index (χ1v) is 15.9. The van der Waals surface area contributed by atoms with Crippen molar-refractivity contribution in [3.8, 4) is 0 Å². The molecule has 1 saturated heterocycles. The van der Waals surface area contributed by atoms with Crippen LogP contribution < -0.4 is 10.2 Å². The van der Waals surface area contributed by atoms with Crippen LogP contribution in [0.3, 0.4) is 0 Å². The minimum absolute atomic E-state index is 0.0469. The minimum Gasteiger partial charge on any atom is -0.444 e. The number of nitrogens with one attached hydrogen (secondary N) is 1. The molecule has 250 valence electrons. The highest BCUT2D eigenvalue weighted by Crippen LogP contribution is 2.33. The van der Waals surface area contributed by atoms with Crippen molar-refractivity contribution < 1.29 is 19.1 Å². The Hall–Kier alpha value is -4.94. The molecule has 0 spiro atoms. The molecule has 0 bridgehead atoms. The predicted molar refractivity (Wildman–Crippen MR) is 184 cm³/mol. The quantitative estimate of drug-likeness (QED) is 0.218. The molecule has 1 N–H and O–H groups in total. The number of aliphatic imine (C=N–C) groups is 1. The van der Waals surface area contributed by atoms with Gasteiger partial charge in [-0.2, -0.15) is 10.2 Å². The van der Waals surface area contributed by atoms with Crippen molar-refractivity contribution in [2.24, 2.45) is 19.1 Å². The molecular formula is C34H45N9O4. The largest absolute Gasteiger partial charge is 0.444 e. The number of aromatic nitrogens is 4. The average Bonchev–Trinajstić information content (AvgIpc) is 3.57. The first-order chi connectivity index (χ1) is 22.2. The number of benzene rings is 2. The maximum Gasteiger partial charge on any atom is 0.410 e. The number of piperidine rings is 1. The summed E-state index contributed by atoms with van der Waals surface area (Å²) >= 11 is 0. The number of ether oxygens (including phenoxy) is 1. The molecule has 0 unspecified atom stereocenters. The SMILES string of the molecule is CCN(C(=O)OC(C)(C)C)C1CCN(c2ccc(C(=O)Nc3cc(CC(=O)N=CN(C)C)c4nn(C)cc4c3)c3nn(C)cc23)CC1. The van der Waals surface area contributed by atoms with Crippen molar-refractivity contribution >= 4 is 57.4 Å². The number of anilines is 2. The van der Waals surface area contributed by atoms with Gasteiger partial charge in [0.25, 0.3) is 11.8 Å². The zero-order valence-electron chi connectivity index (χ0n) is 28.6. The maximum atomic E-state index is 13.8. The first-order valence-electron chi connectivity index (χ1n) is 15.9. The molecule has 0 saturated carbocycles. The lowest BCUT2D eigenvalue weighted by Gasteiger charge is -2.39. The Labute approximate surface area is 275 Å². The molecule has 0 atom stereocenters. The second-order valence-electron chi connectivity index (χ2n) is 13.3. The fourth-order valence-corrected chi connectivity index (χ4v) is 6.06. The molecule has 1 fully saturated rings. The van der Waals surface area contributed by atoms with E-state index in [4.69, 9.17) is 4.74 Å². The van der Waals surface area contributed by atoms with E-state index in [-0.39, 0.29) is 30.4 Å². The van der Waals surface area contributed by atoms with Gasteiger partial charge in [-0.05, 0) is 70.4 Å². The molecule has 47 heavy (non-hydrogen) atoms. The summed E-state index contributed by atoms with van der Waals surface area (Å²) in [6.45, 7) is 9.73. The lowest BCUT2D eigenvalue weighted by Crippen LogP contribution is -2.48. The van der Waals surface area contributed by atoms with Gasteiger partial charge >= 0.3 is 6.09 Å². The zero-order valence-corrected chi connectivity index (χ0v) is 28.6. The standard InChI is InChI=1S/C34H45N9O4/c1-9-43(33(46)47-34(2,3)4)25-12-14-42(15-13-25)28-11-10-26(31-27(28)20-41(8)38-31)32(45)36-24-16-22(18-29(44)35-21-39(5)6)30-23(17-24)19-40(7)37-30/h10-11,16-17,19-21,25H,9,12-15,18H2,1-8H3,(H,36,45). The van der Waals surface area contributed by atoms with Crippen molar-refractivity contribution in [3.05, 3.63) is 47.8 Å². The Morgan fingerprint density at radius 3 is 2.38 bits per heavy atom. The van der Waals surface area contributed by atoms with Gasteiger partial charge in [0.05, 0.1) is 23.8 Å². The van der Waals surface area contributed by atoms with Crippen molar-refractivity contribution in [2.45, 2.75) is 58.6 Å². The van der Waals surface area contributed by atoms with Gasteiger partial charge in [0.15, 0.2) is 0 Å². The third kappa shape index (κ3) is 7.72. The van der Waals surface area contributed by atoms with Gasteiger partial charge in [-0.25, -0.2) is 9.79 Å². The molecule has 1 aliphatic rings. The Morgan fingerprint density at radius 2 is 1.72 bits per heavy atom. The fraction of sp³-hybridized carbons (Fsp3) is 0.471. The normalized spacial score (nSPS) is 14.3. The average molecular weight is 644 g/mol. The number of aryl methyl sites for hydroxylation is 2. The van der Waals surface area contributed by atoms with Crippen molar-refractivity contribution in [3.63, 3.8) is 0 Å². The molecule has 2 aromatic heterocycles. The highest BCUT2D eigenvalue weighted by atomic mass is 16.6. The number of hydrogen-bond acceptors (Lipinski definition) is 7. The third-order valence-corrected chi connectivity index (χ3v) is 8.06. The summed E-state index contributed by atoms with van der Waals surface area (Å²) < 4.78 is 9.06. The monoisotopic (exact) mass is 643 g/mol. The summed E-state index contributed by atoms with van der Waals surface area (Å²) in [7, 11) is 7.25. The third-order valence-electron chi connectivity index (χ3n) is 8.06. The van der Waals surface area contributed by atoms with E-state index in [0.717, 1.165) is 42.4 Å². The number of fused-ring (bicyclic) bond motifs is 2. The van der Waals surface area contributed by atoms with Crippen LogP contribution in [0.25, 0.3) is 21.8 Å². The molecule has 0 aliphatic carbocycles. The molecule has 4 aromatic rings. The number of carbonyl (C=O) groups excluding carboxylic acids is 3. The molecule has 3 heterocycles. The summed E-state index contributed by atoms with van der Waals surface area (Å²) in [4.78, 5) is 49.0. The van der Waals surface area contributed by atoms with Crippen molar-refractivity contribution in [2.75, 3.05) is 43.9 Å². The Kier molecular flexibility index (Phi) is 9.55. The number of carbonyl (C=O) groups is 3. The molecule has 0 radical (unpaired) electrons. The minimum atomic E-state index is -0.543. The first kappa shape index (κ1) is 33.4. The van der Waals surface area contributed by atoms with E-state index in [1.165, 1.54) is 6.34 Å². The van der Waals surface area contributed by atoms with Crippen LogP contribution in [0.2, 0.25) is 0 Å². The van der Waals surface area contributed by atoms with Gasteiger partial charge < -0.3 is 24.8 Å². The molecule has 2 aromatic carbocycles. The van der Waals surface area contributed by atoms with Crippen LogP contribution in [-0.2, 0) is 30.0 Å². The second kappa shape index (κ2) is 13.4. The Morgan fingerprint density at radius 1 is 1.04 bits per heavy atom. The van der Waals surface area contributed by atoms with E-state index in [0.29, 0.717) is 34.4 Å². The summed E-state index contributed by atoms with van der Waals surface area (Å²) in [5.41, 5.74) is 3.42. The van der Waals surface area contributed by atoms with Gasteiger partial charge in [0.2, 0.25) is 0 Å². The van der Waals surface area contributed by atoms with Crippen LogP contribution in [0.4, 0.5) is 16.2 Å². The van der Waals surface area contributed by atoms with Gasteiger partial charge in [-0.3, -0.25) is 19.0 Å². The molecule has 13 heteroatoms. The molecule has 3 amide bonds. The van der Waals surface area contributed by atoms with Gasteiger partial charge in [0.1, 0.15) is 11.1 Å². The lowest BCUT2D eigenvalue weighted by molar-refractivity contribution is -0.117. The van der Waals surface area contributed by atoms with Gasteiger partial charge in [0, 0.05) is 88.4 Å². The van der Waals surface area contributed by atoms with Crippen molar-refractivity contribution in [1.82, 2.24) is 29.4 Å². The number of rotatable bonds is 8. The van der Waals surface area contributed by atoms with Crippen LogP contribution in [0, 0.1) is 0 Å². The fourth-order valence-electron chi connectivity index (χ4n) is 6.06. The number of hydrogen-bond donors (Lipinski definition) is 1. The number of nitrogens with zero attached hydrogens (tertiary/aromatic N) is 8. The molecular weight excluding hydrogens is 598 g/mol. The van der Waals surface area contributed by atoms with Crippen LogP contribution in [0.1, 0.15) is 56.5 Å². The van der Waals surface area contributed by atoms with Gasteiger partial charge in [-0.1, -0.05) is 0 Å². The van der Waals surface area contributed by atoms with E-state index in [1.807, 2.05) is 77.3 Å². The Bertz CT molecular complexity index is 1820. The summed E-state index contributed by atoms with van der Waals surface area (Å²) in [6, 6.07) is 7.51. The van der Waals surface area contributed by atoms with Crippen molar-refractivity contribution in [1.29, 1.82) is 0 Å². The van der Waals surface area contributed by atoms with Gasteiger partial charge in [-0.15, -0.1) is 0 Å². The Balaban J connectivity index is 1.36. The van der Waals surface area contributed by atoms with E-state index >= 15 is 0 Å². The zero-order chi connectivity index (χ0) is 34.0. The number of amides is 3. The summed E-state index contributed by atoms with van der Waals surface area (Å²) in [6.07, 6.45) is 6.64. The highest BCUT2D eigenvalue weighted by Gasteiger charge is 2.31. The topological polar surface area (TPSA) is 130 Å². The predicted octanol–water partition coefficient (Wildman–Crippen LogP) is 4.60. The van der Waals surface area contributed by atoms with E-state index in [1.54, 1.807) is 34.4 Å². The van der Waals surface area contributed by atoms with E-state index in [9.17, 15) is 14.4 Å². The summed E-state index contributed by atoms with van der Waals surface area (Å²) in [5, 5.41) is 13.9. The van der Waals surface area contributed by atoms with Crippen LogP contribution in [0.5, 0.6) is 0 Å². The molecule has 1 aliphatic heterocycles. The van der Waals surface area contributed by atoms with Crippen LogP contribution in [-0.4, -0.2) is 99.0 Å². The maximum absolute atomic E-state index is 13.8. The molecule has 5 rings (SSSR count).